The second-order valence-electron chi connectivity index (χ2n) is 8.52. The SMILES string of the molecule is CC12C[N-]CC[N-]CC(NC(=O)CCCC(=O)O)(C[N-]CC[N-]C1)C[N-]CC[N-]C2.[Cu]. The van der Waals surface area contributed by atoms with Gasteiger partial charge in [-0.15, -0.1) is 39.3 Å². The van der Waals surface area contributed by atoms with Crippen LogP contribution in [0.5, 0.6) is 0 Å². The molecule has 0 spiro atoms. The normalized spacial score (nSPS) is 29.2. The fourth-order valence-corrected chi connectivity index (χ4v) is 3.53. The molecule has 3 rings (SSSR count). The van der Waals surface area contributed by atoms with Crippen molar-refractivity contribution in [2.75, 3.05) is 78.5 Å². The number of aliphatic carboxylic acids is 1. The second kappa shape index (κ2) is 15.1. The van der Waals surface area contributed by atoms with E-state index in [-0.39, 0.29) is 41.2 Å². The van der Waals surface area contributed by atoms with Crippen molar-refractivity contribution in [3.63, 3.8) is 0 Å². The Morgan fingerprint density at radius 2 is 1.13 bits per heavy atom. The van der Waals surface area contributed by atoms with E-state index in [0.29, 0.717) is 85.0 Å². The average Bonchev–Trinajstić information content (AvgIpc) is 2.69. The third kappa shape index (κ3) is 11.6. The van der Waals surface area contributed by atoms with Crippen LogP contribution >= 0.6 is 0 Å². The Hall–Kier alpha value is -0.781. The molecule has 2 bridgehead atoms. The molecule has 185 valence electrons. The largest absolute Gasteiger partial charge is 0.663 e. The molecule has 1 radical (unpaired) electrons. The van der Waals surface area contributed by atoms with Gasteiger partial charge in [-0.05, 0) is 12.0 Å². The van der Waals surface area contributed by atoms with Crippen LogP contribution in [0.15, 0.2) is 0 Å². The molecule has 0 aromatic carbocycles. The van der Waals surface area contributed by atoms with Gasteiger partial charge in [-0.1, -0.05) is 12.3 Å². The van der Waals surface area contributed by atoms with Crippen LogP contribution in [0.3, 0.4) is 0 Å². The molecular formula is C20H35CuN7O3-6. The molecule has 1 amide bonds. The van der Waals surface area contributed by atoms with Gasteiger partial charge in [0.1, 0.15) is 0 Å². The van der Waals surface area contributed by atoms with E-state index in [1.807, 2.05) is 0 Å². The quantitative estimate of drug-likeness (QED) is 0.576. The van der Waals surface area contributed by atoms with Gasteiger partial charge >= 0.3 is 5.97 Å². The molecule has 3 aliphatic heterocycles. The van der Waals surface area contributed by atoms with Crippen LogP contribution in [-0.2, 0) is 26.7 Å². The Morgan fingerprint density at radius 1 is 0.742 bits per heavy atom. The Balaban J connectivity index is 0.00000480. The van der Waals surface area contributed by atoms with E-state index in [9.17, 15) is 9.59 Å². The number of nitrogens with one attached hydrogen (secondary N) is 1. The summed E-state index contributed by atoms with van der Waals surface area (Å²) in [6, 6.07) is 0. The minimum Gasteiger partial charge on any atom is -0.663 e. The van der Waals surface area contributed by atoms with Crippen molar-refractivity contribution in [1.29, 1.82) is 0 Å². The molecule has 0 aromatic rings. The van der Waals surface area contributed by atoms with Gasteiger partial charge in [0.05, 0.1) is 0 Å². The van der Waals surface area contributed by atoms with Gasteiger partial charge in [0.2, 0.25) is 5.91 Å². The molecule has 3 saturated heterocycles. The summed E-state index contributed by atoms with van der Waals surface area (Å²) in [5.41, 5.74) is -0.759. The Labute approximate surface area is 196 Å². The van der Waals surface area contributed by atoms with Gasteiger partial charge in [-0.3, -0.25) is 9.59 Å². The molecule has 3 heterocycles. The van der Waals surface area contributed by atoms with Crippen LogP contribution < -0.4 is 5.32 Å². The molecule has 0 aliphatic carbocycles. The van der Waals surface area contributed by atoms with E-state index in [1.165, 1.54) is 0 Å². The summed E-state index contributed by atoms with van der Waals surface area (Å²) < 4.78 is 0. The maximum atomic E-state index is 12.5. The van der Waals surface area contributed by atoms with Crippen molar-refractivity contribution in [2.24, 2.45) is 5.41 Å². The smallest absolute Gasteiger partial charge is 0.303 e. The van der Waals surface area contributed by atoms with Gasteiger partial charge in [0, 0.05) is 29.9 Å². The maximum Gasteiger partial charge on any atom is 0.303 e. The zero-order chi connectivity index (χ0) is 21.7. The van der Waals surface area contributed by atoms with E-state index in [4.69, 9.17) is 5.11 Å². The molecule has 10 nitrogen and oxygen atoms in total. The van der Waals surface area contributed by atoms with Crippen LogP contribution in [0.25, 0.3) is 31.9 Å². The fraction of sp³-hybridized carbons (Fsp3) is 0.900. The standard InChI is InChI=1S/C20H35N7O3.Cu/c1-19-11-21-5-8-24-14-20(15-25-9-6-22-12-19,16-26-10-7-23-13-19)27-17(28)3-2-4-18(29)30;/h2-16H2,1H3,(H,27,28)(H,29,30);/q-6;. The first-order valence-corrected chi connectivity index (χ1v) is 10.8. The van der Waals surface area contributed by atoms with Gasteiger partial charge in [0.25, 0.3) is 0 Å². The van der Waals surface area contributed by atoms with Crippen LogP contribution in [0, 0.1) is 5.41 Å². The van der Waals surface area contributed by atoms with Crippen molar-refractivity contribution in [3.05, 3.63) is 31.9 Å². The van der Waals surface area contributed by atoms with E-state index in [1.54, 1.807) is 0 Å². The number of nitrogens with zero attached hydrogens (tertiary/aromatic N) is 6. The van der Waals surface area contributed by atoms with Crippen molar-refractivity contribution in [3.8, 4) is 0 Å². The number of carbonyl (C=O) groups excluding carboxylic acids is 1. The third-order valence-corrected chi connectivity index (χ3v) is 5.17. The topological polar surface area (TPSA) is 151 Å². The number of hydrogen-bond donors (Lipinski definition) is 2. The third-order valence-electron chi connectivity index (χ3n) is 5.17. The summed E-state index contributed by atoms with van der Waals surface area (Å²) in [7, 11) is 0. The molecule has 3 aliphatic rings. The van der Waals surface area contributed by atoms with E-state index < -0.39 is 11.5 Å². The van der Waals surface area contributed by atoms with Crippen molar-refractivity contribution < 1.29 is 31.8 Å². The van der Waals surface area contributed by atoms with Crippen LogP contribution in [0.1, 0.15) is 26.2 Å². The molecule has 0 unspecified atom stereocenters. The molecule has 3 fully saturated rings. The fourth-order valence-electron chi connectivity index (χ4n) is 3.53. The first-order chi connectivity index (χ1) is 14.4. The van der Waals surface area contributed by atoms with Gasteiger partial charge < -0.3 is 42.3 Å². The first kappa shape index (κ1) is 28.3. The monoisotopic (exact) mass is 484 g/mol. The number of rotatable bonds is 5. The summed E-state index contributed by atoms with van der Waals surface area (Å²) in [5, 5.41) is 39.8. The number of carbonyl (C=O) groups is 2. The van der Waals surface area contributed by atoms with Gasteiger partial charge in [0.15, 0.2) is 0 Å². The number of carboxylic acid groups (broad SMARTS) is 1. The van der Waals surface area contributed by atoms with Crippen LogP contribution in [-0.4, -0.2) is 101 Å². The predicted octanol–water partition coefficient (Wildman–Crippen LogP) is 2.37. The van der Waals surface area contributed by atoms with Gasteiger partial charge in [-0.2, -0.15) is 39.3 Å². The molecule has 31 heavy (non-hydrogen) atoms. The van der Waals surface area contributed by atoms with E-state index in [0.717, 1.165) is 0 Å². The zero-order valence-electron chi connectivity index (χ0n) is 18.4. The van der Waals surface area contributed by atoms with Crippen molar-refractivity contribution >= 4 is 11.9 Å². The number of amides is 1. The van der Waals surface area contributed by atoms with Crippen LogP contribution in [0.2, 0.25) is 0 Å². The molecule has 0 saturated carbocycles. The minimum absolute atomic E-state index is 0. The number of carboxylic acids is 1. The molecule has 11 heteroatoms. The molecule has 2 N–H and O–H groups in total. The van der Waals surface area contributed by atoms with Crippen molar-refractivity contribution in [1.82, 2.24) is 5.32 Å². The minimum atomic E-state index is -0.899. The molecule has 0 atom stereocenters. The summed E-state index contributed by atoms with van der Waals surface area (Å²) in [6.07, 6.45) is 0.438. The summed E-state index contributed by atoms with van der Waals surface area (Å²) >= 11 is 0. The second-order valence-corrected chi connectivity index (χ2v) is 8.52. The van der Waals surface area contributed by atoms with Crippen molar-refractivity contribution in [2.45, 2.75) is 31.7 Å². The number of fused-ring (bicyclic) bond motifs is 15. The summed E-state index contributed by atoms with van der Waals surface area (Å²) in [5.74, 6) is -1.08. The Kier molecular flexibility index (Phi) is 13.8. The Bertz CT molecular complexity index is 495. The van der Waals surface area contributed by atoms with Gasteiger partial charge in [-0.25, -0.2) is 0 Å². The van der Waals surface area contributed by atoms with E-state index >= 15 is 0 Å². The first-order valence-electron chi connectivity index (χ1n) is 10.8. The average molecular weight is 485 g/mol. The summed E-state index contributed by atoms with van der Waals surface area (Å²) in [6.45, 7) is 9.16. The van der Waals surface area contributed by atoms with E-state index in [2.05, 4.69) is 44.1 Å². The molecular weight excluding hydrogens is 450 g/mol. The maximum absolute atomic E-state index is 12.5. The predicted molar refractivity (Wildman–Crippen MR) is 119 cm³/mol. The Morgan fingerprint density at radius 3 is 1.52 bits per heavy atom. The molecule has 0 aromatic heterocycles. The number of hydrogen-bond acceptors (Lipinski definition) is 2. The summed E-state index contributed by atoms with van der Waals surface area (Å²) in [4.78, 5) is 23.2. The van der Waals surface area contributed by atoms with Crippen LogP contribution in [0.4, 0.5) is 0 Å². The zero-order valence-corrected chi connectivity index (χ0v) is 19.3.